The molecule has 3 nitrogen and oxygen atoms in total. The van der Waals surface area contributed by atoms with Crippen molar-refractivity contribution < 1.29 is 13.5 Å². The average molecular weight is 349 g/mol. The molecule has 6 heteroatoms. The maximum atomic E-state index is 12.6. The molecule has 1 aliphatic rings. The molecule has 1 aliphatic heterocycles. The molecule has 1 heterocycles. The van der Waals surface area contributed by atoms with Crippen molar-refractivity contribution in [2.75, 3.05) is 13.1 Å². The van der Waals surface area contributed by atoms with Crippen LogP contribution in [0.25, 0.3) is 0 Å². The maximum absolute atomic E-state index is 12.6. The third kappa shape index (κ3) is 5.03. The van der Waals surface area contributed by atoms with Crippen molar-refractivity contribution in [3.05, 3.63) is 28.8 Å². The molecule has 1 saturated heterocycles. The van der Waals surface area contributed by atoms with E-state index >= 15 is 0 Å². The molecule has 1 fully saturated rings. The van der Waals surface area contributed by atoms with Crippen LogP contribution < -0.4 is 10.5 Å². The topological polar surface area (TPSA) is 38.5 Å². The van der Waals surface area contributed by atoms with Gasteiger partial charge < -0.3 is 10.5 Å². The second-order valence-corrected chi connectivity index (χ2v) is 7.02. The Balaban J connectivity index is 0.00000264. The first kappa shape index (κ1) is 20.1. The number of nitrogens with zero attached hydrogens (tertiary/aromatic N) is 1. The van der Waals surface area contributed by atoms with Gasteiger partial charge in [0.25, 0.3) is 0 Å². The van der Waals surface area contributed by atoms with Crippen LogP contribution in [0.3, 0.4) is 0 Å². The molecule has 0 bridgehead atoms. The zero-order chi connectivity index (χ0) is 16.5. The summed E-state index contributed by atoms with van der Waals surface area (Å²) in [4.78, 5) is 2.27. The molecule has 0 saturated carbocycles. The standard InChI is InChI=1S/C17H26F2N2O.ClH/c1-11-7-13(14(8-12(11)2)22-16(18)19)9-21-6-5-15(20)17(3,4)10-21;/h7-8,15-16H,5-6,9-10,20H2,1-4H3;1H. The highest BCUT2D eigenvalue weighted by atomic mass is 35.5. The van der Waals surface area contributed by atoms with Crippen LogP contribution in [0, 0.1) is 19.3 Å². The van der Waals surface area contributed by atoms with E-state index in [0.717, 1.165) is 36.2 Å². The summed E-state index contributed by atoms with van der Waals surface area (Å²) in [6.07, 6.45) is 0.920. The number of rotatable bonds is 4. The number of ether oxygens (including phenoxy) is 1. The largest absolute Gasteiger partial charge is 0.434 e. The van der Waals surface area contributed by atoms with E-state index in [1.54, 1.807) is 6.07 Å². The third-order valence-corrected chi connectivity index (χ3v) is 4.68. The van der Waals surface area contributed by atoms with Crippen molar-refractivity contribution in [1.29, 1.82) is 0 Å². The smallest absolute Gasteiger partial charge is 0.387 e. The van der Waals surface area contributed by atoms with Crippen molar-refractivity contribution in [1.82, 2.24) is 4.90 Å². The highest BCUT2D eigenvalue weighted by Gasteiger charge is 2.33. The Labute approximate surface area is 143 Å². The Morgan fingerprint density at radius 2 is 1.91 bits per heavy atom. The zero-order valence-electron chi connectivity index (χ0n) is 14.2. The summed E-state index contributed by atoms with van der Waals surface area (Å²) in [6.45, 7) is 7.75. The number of alkyl halides is 2. The van der Waals surface area contributed by atoms with Crippen molar-refractivity contribution in [2.24, 2.45) is 11.1 Å². The van der Waals surface area contributed by atoms with E-state index in [0.29, 0.717) is 6.54 Å². The molecule has 0 spiro atoms. The van der Waals surface area contributed by atoms with Crippen LogP contribution in [-0.2, 0) is 6.54 Å². The summed E-state index contributed by atoms with van der Waals surface area (Å²) < 4.78 is 30.0. The average Bonchev–Trinajstić information content (AvgIpc) is 2.39. The highest BCUT2D eigenvalue weighted by molar-refractivity contribution is 5.85. The van der Waals surface area contributed by atoms with Gasteiger partial charge in [-0.25, -0.2) is 0 Å². The van der Waals surface area contributed by atoms with E-state index in [4.69, 9.17) is 10.5 Å². The molecule has 1 aromatic rings. The number of hydrogen-bond acceptors (Lipinski definition) is 3. The Kier molecular flexibility index (Phi) is 6.81. The van der Waals surface area contributed by atoms with Gasteiger partial charge in [-0.3, -0.25) is 4.90 Å². The Morgan fingerprint density at radius 1 is 1.30 bits per heavy atom. The van der Waals surface area contributed by atoms with Crippen LogP contribution in [0.15, 0.2) is 12.1 Å². The minimum absolute atomic E-state index is 0. The molecule has 2 rings (SSSR count). The summed E-state index contributed by atoms with van der Waals surface area (Å²) in [5, 5.41) is 0. The number of piperidine rings is 1. The lowest BCUT2D eigenvalue weighted by molar-refractivity contribution is -0.0510. The van der Waals surface area contributed by atoms with Gasteiger partial charge in [0.2, 0.25) is 0 Å². The number of nitrogens with two attached hydrogens (primary N) is 1. The number of halogens is 3. The summed E-state index contributed by atoms with van der Waals surface area (Å²) in [5.74, 6) is 0.283. The highest BCUT2D eigenvalue weighted by Crippen LogP contribution is 2.31. The minimum Gasteiger partial charge on any atom is -0.434 e. The van der Waals surface area contributed by atoms with Gasteiger partial charge >= 0.3 is 6.61 Å². The predicted molar refractivity (Wildman–Crippen MR) is 91.4 cm³/mol. The van der Waals surface area contributed by atoms with Gasteiger partial charge in [0, 0.05) is 31.2 Å². The molecular formula is C17H27ClF2N2O. The molecule has 132 valence electrons. The summed E-state index contributed by atoms with van der Waals surface area (Å²) in [6, 6.07) is 3.84. The first-order valence-corrected chi connectivity index (χ1v) is 7.72. The van der Waals surface area contributed by atoms with Crippen LogP contribution in [0.5, 0.6) is 5.75 Å². The molecule has 0 radical (unpaired) electrons. The predicted octanol–water partition coefficient (Wildman–Crippen LogP) is 3.89. The number of likely N-dealkylation sites (tertiary alicyclic amines) is 1. The van der Waals surface area contributed by atoms with Gasteiger partial charge in [-0.1, -0.05) is 19.9 Å². The fourth-order valence-corrected chi connectivity index (χ4v) is 3.04. The minimum atomic E-state index is -2.80. The van der Waals surface area contributed by atoms with Crippen molar-refractivity contribution in [3.63, 3.8) is 0 Å². The van der Waals surface area contributed by atoms with Crippen LogP contribution in [0.4, 0.5) is 8.78 Å². The molecule has 23 heavy (non-hydrogen) atoms. The molecule has 1 aromatic carbocycles. The normalized spacial score (nSPS) is 21.1. The fraction of sp³-hybridized carbons (Fsp3) is 0.647. The molecule has 0 aromatic heterocycles. The van der Waals surface area contributed by atoms with Crippen LogP contribution >= 0.6 is 12.4 Å². The Hall–Kier alpha value is -0.910. The zero-order valence-corrected chi connectivity index (χ0v) is 15.1. The van der Waals surface area contributed by atoms with E-state index in [2.05, 4.69) is 18.7 Å². The van der Waals surface area contributed by atoms with Gasteiger partial charge in [0.1, 0.15) is 5.75 Å². The molecule has 0 aliphatic carbocycles. The lowest BCUT2D eigenvalue weighted by Crippen LogP contribution is -2.52. The lowest BCUT2D eigenvalue weighted by atomic mass is 9.79. The van der Waals surface area contributed by atoms with Gasteiger partial charge in [0.15, 0.2) is 0 Å². The summed E-state index contributed by atoms with van der Waals surface area (Å²) >= 11 is 0. The second kappa shape index (κ2) is 7.77. The van der Waals surface area contributed by atoms with E-state index in [9.17, 15) is 8.78 Å². The lowest BCUT2D eigenvalue weighted by Gasteiger charge is -2.42. The van der Waals surface area contributed by atoms with Crippen LogP contribution in [0.2, 0.25) is 0 Å². The number of hydrogen-bond donors (Lipinski definition) is 1. The number of benzene rings is 1. The molecule has 2 N–H and O–H groups in total. The second-order valence-electron chi connectivity index (χ2n) is 7.02. The van der Waals surface area contributed by atoms with E-state index in [-0.39, 0.29) is 29.6 Å². The fourth-order valence-electron chi connectivity index (χ4n) is 3.04. The molecule has 0 amide bonds. The van der Waals surface area contributed by atoms with Crippen molar-refractivity contribution >= 4 is 12.4 Å². The number of aryl methyl sites for hydroxylation is 2. The van der Waals surface area contributed by atoms with Gasteiger partial charge in [-0.15, -0.1) is 12.4 Å². The van der Waals surface area contributed by atoms with E-state index in [1.165, 1.54) is 0 Å². The Morgan fingerprint density at radius 3 is 2.48 bits per heavy atom. The summed E-state index contributed by atoms with van der Waals surface area (Å²) in [7, 11) is 0. The van der Waals surface area contributed by atoms with Crippen LogP contribution in [-0.4, -0.2) is 30.6 Å². The molecular weight excluding hydrogens is 322 g/mol. The van der Waals surface area contributed by atoms with Crippen molar-refractivity contribution in [2.45, 2.75) is 53.3 Å². The first-order chi connectivity index (χ1) is 10.2. The SMILES string of the molecule is Cc1cc(CN2CCC(N)C(C)(C)C2)c(OC(F)F)cc1C.Cl. The maximum Gasteiger partial charge on any atom is 0.387 e. The third-order valence-electron chi connectivity index (χ3n) is 4.68. The Bertz CT molecular complexity index is 538. The molecule has 1 atom stereocenters. The van der Waals surface area contributed by atoms with Crippen LogP contribution in [0.1, 0.15) is 37.0 Å². The monoisotopic (exact) mass is 348 g/mol. The quantitative estimate of drug-likeness (QED) is 0.897. The van der Waals surface area contributed by atoms with Gasteiger partial charge in [-0.05, 0) is 42.9 Å². The molecule has 1 unspecified atom stereocenters. The van der Waals surface area contributed by atoms with E-state index < -0.39 is 6.61 Å². The summed E-state index contributed by atoms with van der Waals surface area (Å²) in [5.41, 5.74) is 9.05. The van der Waals surface area contributed by atoms with Gasteiger partial charge in [0.05, 0.1) is 0 Å². The van der Waals surface area contributed by atoms with Gasteiger partial charge in [-0.2, -0.15) is 8.78 Å². The van der Waals surface area contributed by atoms with Crippen molar-refractivity contribution in [3.8, 4) is 5.75 Å². The first-order valence-electron chi connectivity index (χ1n) is 7.72. The van der Waals surface area contributed by atoms with E-state index in [1.807, 2.05) is 19.9 Å².